The first-order valence-corrected chi connectivity index (χ1v) is 6.22. The Morgan fingerprint density at radius 3 is 2.21 bits per heavy atom. The van der Waals surface area contributed by atoms with Gasteiger partial charge < -0.3 is 14.0 Å². The van der Waals surface area contributed by atoms with Crippen LogP contribution in [0.4, 0.5) is 17.6 Å². The predicted molar refractivity (Wildman–Crippen MR) is 51.7 cm³/mol. The molecule has 0 aromatic rings. The first kappa shape index (κ1) is 18.1. The van der Waals surface area contributed by atoms with Gasteiger partial charge >= 0.3 is 17.1 Å². The summed E-state index contributed by atoms with van der Waals surface area (Å²) in [5, 5.41) is -5.69. The first-order valence-electron chi connectivity index (χ1n) is 4.81. The highest BCUT2D eigenvalue weighted by molar-refractivity contribution is 7.86. The minimum Gasteiger partial charge on any atom is -0.743 e. The van der Waals surface area contributed by atoms with Gasteiger partial charge in [-0.1, -0.05) is 0 Å². The molecule has 0 saturated carbocycles. The van der Waals surface area contributed by atoms with Crippen molar-refractivity contribution in [2.75, 3.05) is 20.3 Å². The number of ether oxygens (including phenoxy) is 2. The quantitative estimate of drug-likeness (QED) is 0.284. The van der Waals surface area contributed by atoms with E-state index in [1.54, 1.807) is 0 Å². The molecule has 0 unspecified atom stereocenters. The Morgan fingerprint density at radius 1 is 1.26 bits per heavy atom. The molecule has 0 atom stereocenters. The maximum Gasteiger partial charge on any atom is 0.396 e. The second kappa shape index (κ2) is 6.48. The van der Waals surface area contributed by atoms with Crippen LogP contribution in [0.2, 0.25) is 0 Å². The van der Waals surface area contributed by atoms with Crippen LogP contribution in [0.25, 0.3) is 0 Å². The molecule has 114 valence electrons. The lowest BCUT2D eigenvalue weighted by molar-refractivity contribution is -0.166. The Bertz CT molecular complexity index is 407. The van der Waals surface area contributed by atoms with Crippen LogP contribution in [0.1, 0.15) is 12.8 Å². The highest BCUT2D eigenvalue weighted by Gasteiger charge is 2.60. The molecule has 19 heavy (non-hydrogen) atoms. The molecule has 0 radical (unpaired) electrons. The van der Waals surface area contributed by atoms with Crippen molar-refractivity contribution in [2.45, 2.75) is 24.0 Å². The minimum atomic E-state index is -6.47. The number of hydrogen-bond donors (Lipinski definition) is 0. The largest absolute Gasteiger partial charge is 0.743 e. The van der Waals surface area contributed by atoms with Crippen molar-refractivity contribution in [3.05, 3.63) is 0 Å². The minimum absolute atomic E-state index is 0.500. The zero-order chi connectivity index (χ0) is 15.3. The molecule has 0 bridgehead atoms. The van der Waals surface area contributed by atoms with Gasteiger partial charge in [0.25, 0.3) is 0 Å². The van der Waals surface area contributed by atoms with E-state index in [1.807, 2.05) is 0 Å². The standard InChI is InChI=1S/C8H12F4O6S/c1-17-6(13)5-18-4-2-3-7(9,10)8(11,12)19(14,15)16/h2-5H2,1H3,(H,14,15,16)/p-1. The van der Waals surface area contributed by atoms with E-state index in [2.05, 4.69) is 9.47 Å². The van der Waals surface area contributed by atoms with Crippen molar-refractivity contribution in [3.8, 4) is 0 Å². The van der Waals surface area contributed by atoms with Crippen molar-refractivity contribution in [2.24, 2.45) is 0 Å². The molecule has 0 aromatic heterocycles. The van der Waals surface area contributed by atoms with E-state index in [1.165, 1.54) is 0 Å². The van der Waals surface area contributed by atoms with Gasteiger partial charge in [0.1, 0.15) is 6.61 Å². The van der Waals surface area contributed by atoms with Crippen LogP contribution in [-0.2, 0) is 24.4 Å². The fourth-order valence-corrected chi connectivity index (χ4v) is 1.41. The van der Waals surface area contributed by atoms with E-state index in [4.69, 9.17) is 0 Å². The van der Waals surface area contributed by atoms with Gasteiger partial charge in [0, 0.05) is 13.0 Å². The molecular formula is C8H11F4O6S-. The fourth-order valence-electron chi connectivity index (χ4n) is 0.939. The summed E-state index contributed by atoms with van der Waals surface area (Å²) in [5.41, 5.74) is 0. The Labute approximate surface area is 106 Å². The van der Waals surface area contributed by atoms with Gasteiger partial charge in [-0.05, 0) is 6.42 Å². The molecule has 0 amide bonds. The number of alkyl halides is 4. The summed E-state index contributed by atoms with van der Waals surface area (Å²) in [6.45, 7) is -1.06. The summed E-state index contributed by atoms with van der Waals surface area (Å²) in [7, 11) is -5.41. The lowest BCUT2D eigenvalue weighted by Crippen LogP contribution is -2.46. The summed E-state index contributed by atoms with van der Waals surface area (Å²) in [4.78, 5) is 10.5. The first-order chi connectivity index (χ1) is 8.45. The van der Waals surface area contributed by atoms with E-state index in [0.29, 0.717) is 0 Å². The molecule has 0 saturated heterocycles. The molecule has 0 aromatic carbocycles. The fraction of sp³-hybridized carbons (Fsp3) is 0.875. The maximum atomic E-state index is 12.9. The van der Waals surface area contributed by atoms with Crippen LogP contribution in [0.3, 0.4) is 0 Å². The molecule has 0 fully saturated rings. The topological polar surface area (TPSA) is 92.7 Å². The predicted octanol–water partition coefficient (Wildman–Crippen LogP) is 0.730. The van der Waals surface area contributed by atoms with Gasteiger partial charge in [-0.25, -0.2) is 13.2 Å². The van der Waals surface area contributed by atoms with Crippen LogP contribution in [-0.4, -0.2) is 50.4 Å². The third-order valence-electron chi connectivity index (χ3n) is 1.97. The average Bonchev–Trinajstić information content (AvgIpc) is 2.26. The van der Waals surface area contributed by atoms with Crippen LogP contribution in [0.5, 0.6) is 0 Å². The van der Waals surface area contributed by atoms with Crippen molar-refractivity contribution in [3.63, 3.8) is 0 Å². The number of methoxy groups -OCH3 is 1. The monoisotopic (exact) mass is 311 g/mol. The number of halogens is 4. The summed E-state index contributed by atoms with van der Waals surface area (Å²) in [6, 6.07) is 0. The van der Waals surface area contributed by atoms with E-state index in [-0.39, 0.29) is 0 Å². The van der Waals surface area contributed by atoms with Crippen LogP contribution in [0, 0.1) is 0 Å². The number of rotatable bonds is 8. The number of carbonyl (C=O) groups excluding carboxylic acids is 1. The van der Waals surface area contributed by atoms with Crippen molar-refractivity contribution >= 4 is 16.1 Å². The molecule has 11 heteroatoms. The lowest BCUT2D eigenvalue weighted by Gasteiger charge is -2.28. The molecule has 0 aliphatic rings. The summed E-state index contributed by atoms with van der Waals surface area (Å²) >= 11 is 0. The van der Waals surface area contributed by atoms with Gasteiger partial charge in [0.2, 0.25) is 0 Å². The van der Waals surface area contributed by atoms with E-state index >= 15 is 0 Å². The number of esters is 1. The lowest BCUT2D eigenvalue weighted by atomic mass is 10.2. The van der Waals surface area contributed by atoms with Gasteiger partial charge in [-0.2, -0.15) is 17.6 Å². The Morgan fingerprint density at radius 2 is 1.79 bits per heavy atom. The molecule has 0 heterocycles. The summed E-state index contributed by atoms with van der Waals surface area (Å²) in [6.07, 6.45) is -2.25. The maximum absolute atomic E-state index is 12.9. The van der Waals surface area contributed by atoms with E-state index < -0.39 is 53.3 Å². The molecule has 0 aliphatic heterocycles. The number of carbonyl (C=O) groups is 1. The molecule has 0 rings (SSSR count). The second-order valence-corrected chi connectivity index (χ2v) is 4.83. The smallest absolute Gasteiger partial charge is 0.396 e. The Hall–Kier alpha value is -0.940. The van der Waals surface area contributed by atoms with Crippen LogP contribution < -0.4 is 0 Å². The normalized spacial score (nSPS) is 13.4. The summed E-state index contributed by atoms with van der Waals surface area (Å²) < 4.78 is 89.8. The summed E-state index contributed by atoms with van der Waals surface area (Å²) in [5.74, 6) is -5.80. The third kappa shape index (κ3) is 4.91. The van der Waals surface area contributed by atoms with Gasteiger partial charge in [0.15, 0.2) is 10.1 Å². The highest BCUT2D eigenvalue weighted by atomic mass is 32.2. The second-order valence-electron chi connectivity index (χ2n) is 3.41. The zero-order valence-electron chi connectivity index (χ0n) is 9.70. The SMILES string of the molecule is COC(=O)COCCCC(F)(F)C(F)(F)S(=O)(=O)[O-]. The molecular weight excluding hydrogens is 300 g/mol. The van der Waals surface area contributed by atoms with Crippen molar-refractivity contribution < 1.29 is 44.8 Å². The van der Waals surface area contributed by atoms with Gasteiger partial charge in [0.05, 0.1) is 7.11 Å². The number of hydrogen-bond acceptors (Lipinski definition) is 6. The third-order valence-corrected chi connectivity index (χ3v) is 2.89. The van der Waals surface area contributed by atoms with E-state index in [9.17, 15) is 35.3 Å². The highest BCUT2D eigenvalue weighted by Crippen LogP contribution is 2.41. The van der Waals surface area contributed by atoms with Crippen LogP contribution >= 0.6 is 0 Å². The average molecular weight is 311 g/mol. The van der Waals surface area contributed by atoms with Gasteiger partial charge in [-0.15, -0.1) is 0 Å². The van der Waals surface area contributed by atoms with Crippen molar-refractivity contribution in [1.29, 1.82) is 0 Å². The van der Waals surface area contributed by atoms with Crippen LogP contribution in [0.15, 0.2) is 0 Å². The zero-order valence-corrected chi connectivity index (χ0v) is 10.5. The molecule has 6 nitrogen and oxygen atoms in total. The molecule has 0 spiro atoms. The van der Waals surface area contributed by atoms with E-state index in [0.717, 1.165) is 7.11 Å². The molecule has 0 aliphatic carbocycles. The van der Waals surface area contributed by atoms with Crippen molar-refractivity contribution in [1.82, 2.24) is 0 Å². The Balaban J connectivity index is 4.29. The Kier molecular flexibility index (Phi) is 6.16. The van der Waals surface area contributed by atoms with Gasteiger partial charge in [-0.3, -0.25) is 0 Å². The molecule has 0 N–H and O–H groups in total.